The van der Waals surface area contributed by atoms with Gasteiger partial charge in [-0.2, -0.15) is 5.10 Å². The molecule has 0 unspecified atom stereocenters. The second kappa shape index (κ2) is 6.81. The third-order valence-electron chi connectivity index (χ3n) is 6.56. The molecule has 4 aromatic rings. The molecular weight excluding hydrogens is 393 g/mol. The van der Waals surface area contributed by atoms with Crippen LogP contribution < -0.4 is 10.2 Å². The van der Waals surface area contributed by atoms with Crippen LogP contribution in [-0.2, 0) is 12.5 Å². The molecule has 1 saturated heterocycles. The number of benzene rings is 1. The average molecular weight is 415 g/mol. The predicted octanol–water partition coefficient (Wildman–Crippen LogP) is 3.34. The van der Waals surface area contributed by atoms with E-state index in [0.717, 1.165) is 71.8 Å². The van der Waals surface area contributed by atoms with Crippen LogP contribution in [0, 0.1) is 5.82 Å². The molecule has 2 aliphatic heterocycles. The van der Waals surface area contributed by atoms with Crippen LogP contribution in [0.5, 0.6) is 0 Å². The maximum absolute atomic E-state index is 14.2. The Morgan fingerprint density at radius 3 is 2.77 bits per heavy atom. The molecule has 3 aromatic heterocycles. The molecule has 1 N–H and O–H groups in total. The van der Waals surface area contributed by atoms with Crippen molar-refractivity contribution in [1.82, 2.24) is 30.0 Å². The SMILES string of the molecule is Cn1cc(-c2ccc3ncnc(N4CC5(CCNCC5)c5cc(F)ccc54)c3n2)cn1. The second-order valence-corrected chi connectivity index (χ2v) is 8.44. The molecule has 0 aliphatic carbocycles. The molecule has 2 aliphatic rings. The lowest BCUT2D eigenvalue weighted by Gasteiger charge is -2.34. The van der Waals surface area contributed by atoms with Crippen molar-refractivity contribution in [2.75, 3.05) is 24.5 Å². The van der Waals surface area contributed by atoms with Gasteiger partial charge in [-0.05, 0) is 61.8 Å². The number of aromatic nitrogens is 5. The molecule has 7 nitrogen and oxygen atoms in total. The number of piperidine rings is 1. The van der Waals surface area contributed by atoms with Crippen molar-refractivity contribution in [2.45, 2.75) is 18.3 Å². The van der Waals surface area contributed by atoms with Crippen molar-refractivity contribution in [2.24, 2.45) is 7.05 Å². The number of anilines is 2. The minimum Gasteiger partial charge on any atom is -0.323 e. The van der Waals surface area contributed by atoms with Crippen LogP contribution in [0.15, 0.2) is 49.1 Å². The topological polar surface area (TPSA) is 71.8 Å². The van der Waals surface area contributed by atoms with Crippen LogP contribution in [0.1, 0.15) is 18.4 Å². The van der Waals surface area contributed by atoms with Crippen molar-refractivity contribution in [3.8, 4) is 11.3 Å². The van der Waals surface area contributed by atoms with E-state index in [0.29, 0.717) is 0 Å². The zero-order valence-electron chi connectivity index (χ0n) is 17.2. The lowest BCUT2D eigenvalue weighted by molar-refractivity contribution is 0.328. The van der Waals surface area contributed by atoms with Crippen LogP contribution in [0.3, 0.4) is 0 Å². The van der Waals surface area contributed by atoms with Gasteiger partial charge in [-0.25, -0.2) is 19.3 Å². The Morgan fingerprint density at radius 1 is 1.10 bits per heavy atom. The van der Waals surface area contributed by atoms with Gasteiger partial charge in [0, 0.05) is 36.5 Å². The van der Waals surface area contributed by atoms with Crippen molar-refractivity contribution < 1.29 is 4.39 Å². The Balaban J connectivity index is 1.52. The van der Waals surface area contributed by atoms with Gasteiger partial charge in [-0.1, -0.05) is 0 Å². The van der Waals surface area contributed by atoms with Crippen molar-refractivity contribution >= 4 is 22.5 Å². The van der Waals surface area contributed by atoms with Crippen molar-refractivity contribution in [1.29, 1.82) is 0 Å². The summed E-state index contributed by atoms with van der Waals surface area (Å²) in [6.07, 6.45) is 7.26. The fourth-order valence-electron chi connectivity index (χ4n) is 5.00. The first-order chi connectivity index (χ1) is 15.1. The third-order valence-corrected chi connectivity index (χ3v) is 6.56. The molecule has 6 rings (SSSR count). The van der Waals surface area contributed by atoms with Gasteiger partial charge in [0.15, 0.2) is 5.82 Å². The number of pyridine rings is 1. The molecule has 5 heterocycles. The van der Waals surface area contributed by atoms with Gasteiger partial charge in [-0.3, -0.25) is 4.68 Å². The normalized spacial score (nSPS) is 17.4. The van der Waals surface area contributed by atoms with Crippen LogP contribution in [0.4, 0.5) is 15.9 Å². The van der Waals surface area contributed by atoms with Gasteiger partial charge in [-0.15, -0.1) is 0 Å². The zero-order valence-corrected chi connectivity index (χ0v) is 17.2. The molecule has 0 atom stereocenters. The van der Waals surface area contributed by atoms with Crippen LogP contribution in [-0.4, -0.2) is 44.4 Å². The van der Waals surface area contributed by atoms with Gasteiger partial charge in [0.1, 0.15) is 17.7 Å². The Kier molecular flexibility index (Phi) is 4.04. The average Bonchev–Trinajstić information content (AvgIpc) is 3.35. The number of fused-ring (bicyclic) bond motifs is 3. The molecular formula is C23H22FN7. The van der Waals surface area contributed by atoms with Gasteiger partial charge >= 0.3 is 0 Å². The summed E-state index contributed by atoms with van der Waals surface area (Å²) in [5.41, 5.74) is 5.30. The smallest absolute Gasteiger partial charge is 0.163 e. The van der Waals surface area contributed by atoms with E-state index in [9.17, 15) is 4.39 Å². The second-order valence-electron chi connectivity index (χ2n) is 8.44. The number of hydrogen-bond acceptors (Lipinski definition) is 6. The van der Waals surface area contributed by atoms with E-state index in [1.54, 1.807) is 23.3 Å². The molecule has 1 fully saturated rings. The summed E-state index contributed by atoms with van der Waals surface area (Å²) in [4.78, 5) is 16.2. The molecule has 1 spiro atoms. The summed E-state index contributed by atoms with van der Waals surface area (Å²) in [5, 5.41) is 7.70. The van der Waals surface area contributed by atoms with E-state index in [1.165, 1.54) is 6.07 Å². The number of aryl methyl sites for hydroxylation is 1. The number of nitrogens with one attached hydrogen (secondary N) is 1. The van der Waals surface area contributed by atoms with Gasteiger partial charge < -0.3 is 10.2 Å². The van der Waals surface area contributed by atoms with Gasteiger partial charge in [0.25, 0.3) is 0 Å². The predicted molar refractivity (Wildman–Crippen MR) is 117 cm³/mol. The molecule has 0 bridgehead atoms. The zero-order chi connectivity index (χ0) is 21.0. The first-order valence-corrected chi connectivity index (χ1v) is 10.5. The molecule has 0 radical (unpaired) electrons. The van der Waals surface area contributed by atoms with E-state index >= 15 is 0 Å². The summed E-state index contributed by atoms with van der Waals surface area (Å²) < 4.78 is 16.0. The minimum atomic E-state index is -0.192. The van der Waals surface area contributed by atoms with Gasteiger partial charge in [0.05, 0.1) is 17.4 Å². The largest absolute Gasteiger partial charge is 0.323 e. The summed E-state index contributed by atoms with van der Waals surface area (Å²) >= 11 is 0. The molecule has 0 amide bonds. The molecule has 31 heavy (non-hydrogen) atoms. The summed E-state index contributed by atoms with van der Waals surface area (Å²) in [6, 6.07) is 9.04. The number of hydrogen-bond donors (Lipinski definition) is 1. The van der Waals surface area contributed by atoms with E-state index in [2.05, 4.69) is 25.3 Å². The Labute approximate surface area is 179 Å². The fraction of sp³-hybridized carbons (Fsp3) is 0.304. The van der Waals surface area contributed by atoms with E-state index in [4.69, 9.17) is 4.98 Å². The molecule has 156 valence electrons. The lowest BCUT2D eigenvalue weighted by atomic mass is 9.75. The summed E-state index contributed by atoms with van der Waals surface area (Å²) in [5.74, 6) is 0.571. The molecule has 8 heteroatoms. The van der Waals surface area contributed by atoms with E-state index < -0.39 is 0 Å². The quantitative estimate of drug-likeness (QED) is 0.542. The fourth-order valence-corrected chi connectivity index (χ4v) is 5.00. The van der Waals surface area contributed by atoms with E-state index in [-0.39, 0.29) is 11.2 Å². The van der Waals surface area contributed by atoms with Crippen molar-refractivity contribution in [3.63, 3.8) is 0 Å². The summed E-state index contributed by atoms with van der Waals surface area (Å²) in [7, 11) is 1.89. The molecule has 1 aromatic carbocycles. The Bertz CT molecular complexity index is 1290. The number of halogens is 1. The maximum atomic E-state index is 14.2. The minimum absolute atomic E-state index is 0.0824. The Hall–Kier alpha value is -3.39. The maximum Gasteiger partial charge on any atom is 0.163 e. The highest BCUT2D eigenvalue weighted by Crippen LogP contribution is 2.49. The van der Waals surface area contributed by atoms with E-state index in [1.807, 2.05) is 31.4 Å². The van der Waals surface area contributed by atoms with Crippen LogP contribution >= 0.6 is 0 Å². The first-order valence-electron chi connectivity index (χ1n) is 10.5. The van der Waals surface area contributed by atoms with Gasteiger partial charge in [0.2, 0.25) is 0 Å². The monoisotopic (exact) mass is 415 g/mol. The van der Waals surface area contributed by atoms with Crippen LogP contribution in [0.2, 0.25) is 0 Å². The highest BCUT2D eigenvalue weighted by Gasteiger charge is 2.44. The highest BCUT2D eigenvalue weighted by molar-refractivity contribution is 5.91. The third kappa shape index (κ3) is 2.90. The molecule has 0 saturated carbocycles. The van der Waals surface area contributed by atoms with Crippen LogP contribution in [0.25, 0.3) is 22.3 Å². The Morgan fingerprint density at radius 2 is 1.97 bits per heavy atom. The number of rotatable bonds is 2. The van der Waals surface area contributed by atoms with Crippen molar-refractivity contribution in [3.05, 3.63) is 60.4 Å². The highest BCUT2D eigenvalue weighted by atomic mass is 19.1. The first kappa shape index (κ1) is 18.4. The number of nitrogens with zero attached hydrogens (tertiary/aromatic N) is 6. The lowest BCUT2D eigenvalue weighted by Crippen LogP contribution is -2.42. The summed E-state index contributed by atoms with van der Waals surface area (Å²) in [6.45, 7) is 2.62. The standard InChI is InChI=1S/C23H22FN7/c1-30-12-15(11-28-30)18-3-4-19-21(29-18)22(27-14-26-19)31-13-23(6-8-25-9-7-23)17-10-16(24)2-5-20(17)31/h2-5,10-12,14,25H,6-9,13H2,1H3.